The summed E-state index contributed by atoms with van der Waals surface area (Å²) >= 11 is 21.7. The summed E-state index contributed by atoms with van der Waals surface area (Å²) in [6.07, 6.45) is 2.00. The minimum absolute atomic E-state index is 0.194. The predicted octanol–water partition coefficient (Wildman–Crippen LogP) is 13.9. The molecule has 4 rings (SSSR count). The van der Waals surface area contributed by atoms with Crippen LogP contribution in [0.4, 0.5) is 13.2 Å². The Balaban J connectivity index is -0.000000623. The first kappa shape index (κ1) is 55.1. The molecule has 0 heterocycles. The van der Waals surface area contributed by atoms with Gasteiger partial charge in [0.2, 0.25) is 0 Å². The van der Waals surface area contributed by atoms with Gasteiger partial charge in [-0.25, -0.2) is 0 Å². The van der Waals surface area contributed by atoms with Crippen molar-refractivity contribution in [2.24, 2.45) is 0 Å². The van der Waals surface area contributed by atoms with Gasteiger partial charge >= 0.3 is 130 Å². The van der Waals surface area contributed by atoms with Crippen LogP contribution in [0.25, 0.3) is 21.5 Å². The SMILES string of the molecule is COc1ccc2c(O)cccc2c1.COc1ccc2c(OS(=O)(=O)C(F)(F)F)cccc2c1.ClCCl.[CH2-]CC.[CH2-]CC.[I][V]([I])[I].[I][V][I]. The summed E-state index contributed by atoms with van der Waals surface area (Å²) in [5.41, 5.74) is -5.47. The number of methoxy groups -OCH3 is 2. The van der Waals surface area contributed by atoms with Crippen molar-refractivity contribution >= 4 is 155 Å². The Morgan fingerprint density at radius 1 is 0.816 bits per heavy atom. The van der Waals surface area contributed by atoms with Crippen molar-refractivity contribution < 1.29 is 54.7 Å². The third-order valence-electron chi connectivity index (χ3n) is 4.60. The molecule has 1 N–H and O–H groups in total. The molecule has 279 valence electrons. The second kappa shape index (κ2) is 33.1. The van der Waals surface area contributed by atoms with E-state index >= 15 is 0 Å². The monoisotopic (exact) mass is 1390 g/mol. The van der Waals surface area contributed by atoms with E-state index in [4.69, 9.17) is 32.7 Å². The van der Waals surface area contributed by atoms with Gasteiger partial charge in [0.05, 0.1) is 19.6 Å². The predicted molar refractivity (Wildman–Crippen MR) is 236 cm³/mol. The van der Waals surface area contributed by atoms with E-state index in [1.54, 1.807) is 25.3 Å². The van der Waals surface area contributed by atoms with E-state index in [2.05, 4.69) is 118 Å². The van der Waals surface area contributed by atoms with E-state index in [-0.39, 0.29) is 21.4 Å². The number of phenolic OH excluding ortho intramolecular Hbond substituents is 1. The summed E-state index contributed by atoms with van der Waals surface area (Å²) < 4.78 is 73.2. The van der Waals surface area contributed by atoms with Crippen LogP contribution in [0.2, 0.25) is 0 Å². The third kappa shape index (κ3) is 26.2. The number of hydrogen-bond acceptors (Lipinski definition) is 6. The molecule has 6 nitrogen and oxygen atoms in total. The molecule has 4 aromatic carbocycles. The van der Waals surface area contributed by atoms with Gasteiger partial charge in [-0.2, -0.15) is 34.4 Å². The van der Waals surface area contributed by atoms with E-state index in [9.17, 15) is 26.7 Å². The fourth-order valence-corrected chi connectivity index (χ4v) is 3.44. The summed E-state index contributed by atoms with van der Waals surface area (Å²) in [7, 11) is -1.99. The van der Waals surface area contributed by atoms with Crippen molar-refractivity contribution in [1.82, 2.24) is 0 Å². The quantitative estimate of drug-likeness (QED) is 0.0721. The van der Waals surface area contributed by atoms with Gasteiger partial charge in [0.15, 0.2) is 5.75 Å². The molecule has 49 heavy (non-hydrogen) atoms. The topological polar surface area (TPSA) is 82.1 Å². The maximum absolute atomic E-state index is 12.3. The molecule has 4 aromatic rings. The first-order valence-electron chi connectivity index (χ1n) is 13.2. The zero-order valence-electron chi connectivity index (χ0n) is 26.5. The molecule has 0 unspecified atom stereocenters. The van der Waals surface area contributed by atoms with Crippen LogP contribution >= 0.6 is 123 Å². The molecular formula is C30H35Cl2F3I5O6SV2-2. The van der Waals surface area contributed by atoms with Crippen LogP contribution in [-0.2, 0) is 24.5 Å². The molecule has 0 saturated carbocycles. The first-order chi connectivity index (χ1) is 22.9. The standard InChI is InChI=1S/C12H9F3O4S.C11H10O2.2C3H7.CH2Cl2.5HI.2V/c1-18-9-5-6-10-8(7-9)3-2-4-11(10)19-20(16,17)12(13,14)15;1-13-9-5-6-10-8(7-9)3-2-4-11(10)12;2*1-3-2;2-1-3;;;;;;;/h2-7H,1H3;2-7,12H,1H3;2*1,3H2,2H3;1H2;5*1H;;/q;;2*-1;;;;;;;+2;+3/p-5. The maximum atomic E-state index is 12.3. The van der Waals surface area contributed by atoms with Gasteiger partial charge in [-0.1, -0.05) is 38.1 Å². The Morgan fingerprint density at radius 3 is 1.53 bits per heavy atom. The van der Waals surface area contributed by atoms with E-state index in [0.29, 0.717) is 26.4 Å². The summed E-state index contributed by atoms with van der Waals surface area (Å²) in [4.78, 5) is -0.278. The van der Waals surface area contributed by atoms with E-state index in [1.807, 2.05) is 44.2 Å². The number of alkyl halides is 5. The minimum atomic E-state index is -5.69. The van der Waals surface area contributed by atoms with Crippen LogP contribution < -0.4 is 13.7 Å². The molecule has 0 atom stereocenters. The molecule has 0 aliphatic heterocycles. The zero-order chi connectivity index (χ0) is 38.6. The number of rotatable bonds is 4. The molecule has 0 aliphatic carbocycles. The van der Waals surface area contributed by atoms with Crippen LogP contribution in [0.5, 0.6) is 23.0 Å². The van der Waals surface area contributed by atoms with E-state index < -0.39 is 15.6 Å². The van der Waals surface area contributed by atoms with Crippen molar-refractivity contribution in [2.75, 3.05) is 19.6 Å². The number of aromatic hydroxyl groups is 1. The zero-order valence-corrected chi connectivity index (χ0v) is 42.4. The number of ether oxygens (including phenoxy) is 2. The second-order valence-electron chi connectivity index (χ2n) is 8.05. The summed E-state index contributed by atoms with van der Waals surface area (Å²) in [6.45, 7) is 11.0. The fourth-order valence-electron chi connectivity index (χ4n) is 2.97. The van der Waals surface area contributed by atoms with Crippen molar-refractivity contribution in [1.29, 1.82) is 0 Å². The van der Waals surface area contributed by atoms with Crippen LogP contribution in [0.3, 0.4) is 0 Å². The van der Waals surface area contributed by atoms with Crippen LogP contribution in [0, 0.1) is 13.8 Å². The van der Waals surface area contributed by atoms with Gasteiger partial charge in [0.1, 0.15) is 17.2 Å². The van der Waals surface area contributed by atoms with Crippen LogP contribution in [0.1, 0.15) is 26.7 Å². The molecule has 0 radical (unpaired) electrons. The van der Waals surface area contributed by atoms with E-state index in [1.165, 1.54) is 25.3 Å². The van der Waals surface area contributed by atoms with Crippen molar-refractivity contribution in [3.8, 4) is 23.0 Å². The number of benzene rings is 4. The third-order valence-corrected chi connectivity index (χ3v) is 5.56. The molecular weight excluding hydrogens is 1350 g/mol. The molecule has 19 heteroatoms. The second-order valence-corrected chi connectivity index (χ2v) is 57.6. The van der Waals surface area contributed by atoms with Crippen molar-refractivity contribution in [3.05, 3.63) is 86.6 Å². The normalized spacial score (nSPS) is 9.90. The Kier molecular flexibility index (Phi) is 37.2. The molecule has 0 aromatic heterocycles. The van der Waals surface area contributed by atoms with Crippen molar-refractivity contribution in [2.45, 2.75) is 32.2 Å². The Bertz CT molecular complexity index is 1540. The Labute approximate surface area is 365 Å². The van der Waals surface area contributed by atoms with Gasteiger partial charge in [-0.05, 0) is 59.3 Å². The fraction of sp³-hybridized carbons (Fsp3) is 0.267. The number of halogens is 10. The van der Waals surface area contributed by atoms with Crippen molar-refractivity contribution in [3.63, 3.8) is 0 Å². The molecule has 0 aliphatic rings. The molecule has 0 spiro atoms. The first-order valence-corrected chi connectivity index (χ1v) is 38.2. The molecule has 0 amide bonds. The summed E-state index contributed by atoms with van der Waals surface area (Å²) in [5.74, 6) is 1.22. The average molecular weight is 1390 g/mol. The summed E-state index contributed by atoms with van der Waals surface area (Å²) in [5, 5.41) is 12.3. The van der Waals surface area contributed by atoms with E-state index in [0.717, 1.165) is 35.4 Å². The van der Waals surface area contributed by atoms with Gasteiger partial charge in [-0.3, -0.25) is 0 Å². The summed E-state index contributed by atoms with van der Waals surface area (Å²) in [6, 6.07) is 19.6. The Morgan fingerprint density at radius 2 is 1.16 bits per heavy atom. The number of phenols is 1. The van der Waals surface area contributed by atoms with Gasteiger partial charge in [0, 0.05) is 10.8 Å². The molecule has 0 bridgehead atoms. The van der Waals surface area contributed by atoms with Crippen LogP contribution in [0.15, 0.2) is 72.8 Å². The van der Waals surface area contributed by atoms with Gasteiger partial charge in [-0.15, -0.1) is 23.2 Å². The number of hydrogen-bond donors (Lipinski definition) is 1. The molecule has 0 fully saturated rings. The average Bonchev–Trinajstić information content (AvgIpc) is 3.02. The number of fused-ring (bicyclic) bond motifs is 2. The van der Waals surface area contributed by atoms with Gasteiger partial charge in [0.25, 0.3) is 0 Å². The van der Waals surface area contributed by atoms with Crippen LogP contribution in [-0.4, -0.2) is 38.6 Å². The molecule has 0 saturated heterocycles. The van der Waals surface area contributed by atoms with Gasteiger partial charge < -0.3 is 32.6 Å². The Hall–Kier alpha value is 1.74.